The van der Waals surface area contributed by atoms with Crippen molar-refractivity contribution in [3.8, 4) is 0 Å². The van der Waals surface area contributed by atoms with Crippen LogP contribution in [0.1, 0.15) is 25.7 Å². The molecule has 0 bridgehead atoms. The Balaban J connectivity index is 2.38. The van der Waals surface area contributed by atoms with Gasteiger partial charge in [0, 0.05) is 19.4 Å². The van der Waals surface area contributed by atoms with Crippen LogP contribution in [0.5, 0.6) is 0 Å². The summed E-state index contributed by atoms with van der Waals surface area (Å²) in [5, 5.41) is 30.9. The lowest BCUT2D eigenvalue weighted by Crippen LogP contribution is -2.62. The molecule has 3 atom stereocenters. The quantitative estimate of drug-likeness (QED) is 0.361. The van der Waals surface area contributed by atoms with Gasteiger partial charge >= 0.3 is 12.1 Å². The van der Waals surface area contributed by atoms with E-state index in [0.29, 0.717) is 12.8 Å². The standard InChI is InChI=1S/C13H22N2O7/c1-22-11(18)5-3-2-4-10(17)14-8-6-15(13(20)21)7-9(16)12(8)19/h8-9,12,16,19H,2-7H2,1H3,(H,14,17)(H,20,21). The Morgan fingerprint density at radius 1 is 1.18 bits per heavy atom. The topological polar surface area (TPSA) is 136 Å². The van der Waals surface area contributed by atoms with Gasteiger partial charge in [-0.15, -0.1) is 0 Å². The molecule has 0 aromatic rings. The number of carboxylic acid groups (broad SMARTS) is 1. The van der Waals surface area contributed by atoms with Crippen molar-refractivity contribution in [3.05, 3.63) is 0 Å². The minimum absolute atomic E-state index is 0.0819. The molecular weight excluding hydrogens is 296 g/mol. The zero-order valence-electron chi connectivity index (χ0n) is 12.4. The number of aliphatic hydroxyl groups is 2. The number of piperidine rings is 1. The molecule has 4 N–H and O–H groups in total. The number of β-amino-alcohol motifs (C(OH)–C–C–N with tert-alkyl or cyclic N) is 1. The Kier molecular flexibility index (Phi) is 7.06. The summed E-state index contributed by atoms with van der Waals surface area (Å²) in [5.74, 6) is -0.711. The Bertz CT molecular complexity index is 415. The van der Waals surface area contributed by atoms with Gasteiger partial charge in [0.2, 0.25) is 5.91 Å². The number of nitrogens with zero attached hydrogens (tertiary/aromatic N) is 1. The van der Waals surface area contributed by atoms with Gasteiger partial charge < -0.3 is 30.3 Å². The van der Waals surface area contributed by atoms with Gasteiger partial charge in [0.15, 0.2) is 0 Å². The third-order valence-electron chi connectivity index (χ3n) is 3.51. The average Bonchev–Trinajstić information content (AvgIpc) is 2.47. The second-order valence-corrected chi connectivity index (χ2v) is 5.20. The van der Waals surface area contributed by atoms with E-state index in [9.17, 15) is 24.6 Å². The normalized spacial score (nSPS) is 24.7. The van der Waals surface area contributed by atoms with E-state index in [-0.39, 0.29) is 37.8 Å². The molecule has 0 aliphatic carbocycles. The fourth-order valence-corrected chi connectivity index (χ4v) is 2.25. The Labute approximate surface area is 127 Å². The third-order valence-corrected chi connectivity index (χ3v) is 3.51. The largest absolute Gasteiger partial charge is 0.469 e. The second-order valence-electron chi connectivity index (χ2n) is 5.20. The van der Waals surface area contributed by atoms with Gasteiger partial charge in [-0.1, -0.05) is 0 Å². The van der Waals surface area contributed by atoms with Gasteiger partial charge in [-0.3, -0.25) is 9.59 Å². The number of aliphatic hydroxyl groups excluding tert-OH is 2. The molecule has 126 valence electrons. The van der Waals surface area contributed by atoms with Crippen molar-refractivity contribution in [2.45, 2.75) is 43.9 Å². The number of nitrogens with one attached hydrogen (secondary N) is 1. The molecule has 3 unspecified atom stereocenters. The van der Waals surface area contributed by atoms with E-state index in [1.807, 2.05) is 0 Å². The minimum atomic E-state index is -1.24. The molecule has 0 saturated carbocycles. The first kappa shape index (κ1) is 18.2. The highest BCUT2D eigenvalue weighted by Gasteiger charge is 2.37. The smallest absolute Gasteiger partial charge is 0.407 e. The number of amides is 2. The van der Waals surface area contributed by atoms with Crippen molar-refractivity contribution < 1.29 is 34.4 Å². The summed E-state index contributed by atoms with van der Waals surface area (Å²) < 4.78 is 4.48. The van der Waals surface area contributed by atoms with Crippen LogP contribution >= 0.6 is 0 Å². The van der Waals surface area contributed by atoms with Crippen molar-refractivity contribution in [2.24, 2.45) is 0 Å². The monoisotopic (exact) mass is 318 g/mol. The maximum Gasteiger partial charge on any atom is 0.407 e. The first-order valence-corrected chi connectivity index (χ1v) is 7.05. The molecule has 0 aromatic heterocycles. The number of likely N-dealkylation sites (tertiary alicyclic amines) is 1. The molecule has 1 aliphatic heterocycles. The molecule has 9 nitrogen and oxygen atoms in total. The van der Waals surface area contributed by atoms with E-state index in [1.165, 1.54) is 7.11 Å². The summed E-state index contributed by atoms with van der Waals surface area (Å²) in [4.78, 5) is 34.5. The maximum absolute atomic E-state index is 11.8. The van der Waals surface area contributed by atoms with E-state index in [1.54, 1.807) is 0 Å². The van der Waals surface area contributed by atoms with Crippen LogP contribution in [0.15, 0.2) is 0 Å². The summed E-state index contributed by atoms with van der Waals surface area (Å²) in [7, 11) is 1.29. The van der Waals surface area contributed by atoms with E-state index in [0.717, 1.165) is 4.90 Å². The molecule has 2 amide bonds. The third kappa shape index (κ3) is 5.49. The van der Waals surface area contributed by atoms with Crippen LogP contribution in [0.4, 0.5) is 4.79 Å². The van der Waals surface area contributed by atoms with E-state index in [4.69, 9.17) is 5.11 Å². The number of rotatable bonds is 6. The van der Waals surface area contributed by atoms with Gasteiger partial charge in [-0.25, -0.2) is 4.79 Å². The molecular formula is C13H22N2O7. The number of carbonyl (C=O) groups excluding carboxylic acids is 2. The maximum atomic E-state index is 11.8. The lowest BCUT2D eigenvalue weighted by Gasteiger charge is -2.38. The first-order valence-electron chi connectivity index (χ1n) is 7.05. The Hall–Kier alpha value is -1.87. The summed E-state index contributed by atoms with van der Waals surface area (Å²) >= 11 is 0. The van der Waals surface area contributed by atoms with Crippen molar-refractivity contribution in [1.82, 2.24) is 10.2 Å². The number of ether oxygens (including phenoxy) is 1. The SMILES string of the molecule is COC(=O)CCCCC(=O)NC1CN(C(=O)O)CC(O)C1O. The molecule has 1 fully saturated rings. The molecule has 22 heavy (non-hydrogen) atoms. The predicted molar refractivity (Wildman–Crippen MR) is 74.0 cm³/mol. The number of methoxy groups -OCH3 is 1. The highest BCUT2D eigenvalue weighted by atomic mass is 16.5. The number of carbonyl (C=O) groups is 3. The zero-order valence-corrected chi connectivity index (χ0v) is 12.4. The minimum Gasteiger partial charge on any atom is -0.469 e. The van der Waals surface area contributed by atoms with E-state index >= 15 is 0 Å². The van der Waals surface area contributed by atoms with Crippen molar-refractivity contribution in [3.63, 3.8) is 0 Å². The van der Waals surface area contributed by atoms with Gasteiger partial charge in [0.25, 0.3) is 0 Å². The summed E-state index contributed by atoms with van der Waals surface area (Å²) in [5.41, 5.74) is 0. The first-order chi connectivity index (χ1) is 10.3. The van der Waals surface area contributed by atoms with Gasteiger partial charge in [0.1, 0.15) is 6.10 Å². The molecule has 1 heterocycles. The van der Waals surface area contributed by atoms with Crippen LogP contribution in [-0.2, 0) is 14.3 Å². The predicted octanol–water partition coefficient (Wildman–Crippen LogP) is -1.08. The molecule has 0 aromatic carbocycles. The number of unbranched alkanes of at least 4 members (excludes halogenated alkanes) is 1. The Morgan fingerprint density at radius 2 is 1.82 bits per heavy atom. The van der Waals surface area contributed by atoms with Crippen LogP contribution < -0.4 is 5.32 Å². The summed E-state index contributed by atoms with van der Waals surface area (Å²) in [6.07, 6.45) is -2.34. The van der Waals surface area contributed by atoms with Gasteiger partial charge in [0.05, 0.1) is 25.8 Å². The fourth-order valence-electron chi connectivity index (χ4n) is 2.25. The van der Waals surface area contributed by atoms with E-state index < -0.39 is 24.3 Å². The lowest BCUT2D eigenvalue weighted by atomic mass is 9.99. The molecule has 9 heteroatoms. The van der Waals surface area contributed by atoms with Crippen molar-refractivity contribution in [1.29, 1.82) is 0 Å². The van der Waals surface area contributed by atoms with E-state index in [2.05, 4.69) is 10.1 Å². The van der Waals surface area contributed by atoms with Crippen LogP contribution in [0.25, 0.3) is 0 Å². The highest BCUT2D eigenvalue weighted by Crippen LogP contribution is 2.13. The van der Waals surface area contributed by atoms with Crippen LogP contribution in [0.2, 0.25) is 0 Å². The van der Waals surface area contributed by atoms with Crippen molar-refractivity contribution in [2.75, 3.05) is 20.2 Å². The van der Waals surface area contributed by atoms with Gasteiger partial charge in [-0.05, 0) is 12.8 Å². The molecule has 0 radical (unpaired) electrons. The average molecular weight is 318 g/mol. The molecule has 1 rings (SSSR count). The van der Waals surface area contributed by atoms with Crippen LogP contribution in [0, 0.1) is 0 Å². The fraction of sp³-hybridized carbons (Fsp3) is 0.769. The highest BCUT2D eigenvalue weighted by molar-refractivity contribution is 5.76. The molecule has 0 spiro atoms. The molecule has 1 saturated heterocycles. The number of hydrogen-bond donors (Lipinski definition) is 4. The lowest BCUT2D eigenvalue weighted by molar-refractivity contribution is -0.140. The van der Waals surface area contributed by atoms with Crippen LogP contribution in [-0.4, -0.2) is 76.6 Å². The summed E-state index contributed by atoms with van der Waals surface area (Å²) in [6.45, 7) is -0.274. The van der Waals surface area contributed by atoms with Gasteiger partial charge in [-0.2, -0.15) is 0 Å². The molecule has 1 aliphatic rings. The van der Waals surface area contributed by atoms with Crippen LogP contribution in [0.3, 0.4) is 0 Å². The van der Waals surface area contributed by atoms with Crippen molar-refractivity contribution >= 4 is 18.0 Å². The summed E-state index contributed by atoms with van der Waals surface area (Å²) in [6, 6.07) is -0.854. The zero-order chi connectivity index (χ0) is 16.7. The number of esters is 1. The number of hydrogen-bond acceptors (Lipinski definition) is 6. The Morgan fingerprint density at radius 3 is 2.41 bits per heavy atom. The second kappa shape index (κ2) is 8.54.